The van der Waals surface area contributed by atoms with Crippen molar-refractivity contribution in [3.63, 3.8) is 0 Å². The first-order valence-electron chi connectivity index (χ1n) is 5.58. The Kier molecular flexibility index (Phi) is 4.92. The minimum absolute atomic E-state index is 0.306. The van der Waals surface area contributed by atoms with Crippen molar-refractivity contribution in [2.24, 2.45) is 0 Å². The van der Waals surface area contributed by atoms with Crippen LogP contribution >= 0.6 is 0 Å². The summed E-state index contributed by atoms with van der Waals surface area (Å²) in [5, 5.41) is 11.9. The molecule has 0 bridgehead atoms. The van der Waals surface area contributed by atoms with Gasteiger partial charge >= 0.3 is 0 Å². The Bertz CT molecular complexity index is 403. The van der Waals surface area contributed by atoms with E-state index in [1.807, 2.05) is 6.92 Å². The molecule has 0 saturated carbocycles. The second kappa shape index (κ2) is 6.21. The van der Waals surface area contributed by atoms with Crippen molar-refractivity contribution in [1.29, 1.82) is 5.26 Å². The summed E-state index contributed by atoms with van der Waals surface area (Å²) in [5.74, 6) is 0.215. The van der Waals surface area contributed by atoms with E-state index >= 15 is 0 Å². The van der Waals surface area contributed by atoms with E-state index in [9.17, 15) is 4.39 Å². The summed E-state index contributed by atoms with van der Waals surface area (Å²) in [7, 11) is 1.76. The summed E-state index contributed by atoms with van der Waals surface area (Å²) in [6.07, 6.45) is 1.43. The Morgan fingerprint density at radius 3 is 2.88 bits per heavy atom. The van der Waals surface area contributed by atoms with Crippen LogP contribution < -0.4 is 10.1 Å². The predicted molar refractivity (Wildman–Crippen MR) is 64.2 cm³/mol. The highest BCUT2D eigenvalue weighted by Gasteiger charge is 2.19. The molecular weight excluding hydrogens is 219 g/mol. The molecule has 0 amide bonds. The van der Waals surface area contributed by atoms with Gasteiger partial charge in [0.2, 0.25) is 0 Å². The molecule has 0 aliphatic heterocycles. The topological polar surface area (TPSA) is 45.0 Å². The van der Waals surface area contributed by atoms with E-state index in [-0.39, 0.29) is 5.82 Å². The van der Waals surface area contributed by atoms with E-state index in [0.717, 1.165) is 6.42 Å². The van der Waals surface area contributed by atoms with Crippen LogP contribution in [0.3, 0.4) is 0 Å². The number of rotatable bonds is 6. The average molecular weight is 236 g/mol. The lowest BCUT2D eigenvalue weighted by Gasteiger charge is -2.20. The van der Waals surface area contributed by atoms with E-state index in [1.165, 1.54) is 12.1 Å². The maximum atomic E-state index is 12.8. The Balaban J connectivity index is 2.32. The molecule has 3 nitrogen and oxygen atoms in total. The van der Waals surface area contributed by atoms with Gasteiger partial charge in [0.1, 0.15) is 17.1 Å². The molecule has 1 N–H and O–H groups in total. The Morgan fingerprint density at radius 2 is 2.29 bits per heavy atom. The van der Waals surface area contributed by atoms with Crippen LogP contribution in [0.1, 0.15) is 19.8 Å². The molecule has 1 atom stereocenters. The largest absolute Gasteiger partial charge is 0.493 e. The van der Waals surface area contributed by atoms with Crippen molar-refractivity contribution in [3.8, 4) is 11.8 Å². The van der Waals surface area contributed by atoms with E-state index < -0.39 is 5.54 Å². The second-order valence-corrected chi connectivity index (χ2v) is 4.10. The second-order valence-electron chi connectivity index (χ2n) is 4.10. The minimum Gasteiger partial charge on any atom is -0.493 e. The van der Waals surface area contributed by atoms with Crippen LogP contribution in [0.2, 0.25) is 0 Å². The first-order valence-corrected chi connectivity index (χ1v) is 5.58. The fourth-order valence-corrected chi connectivity index (χ4v) is 1.41. The van der Waals surface area contributed by atoms with Gasteiger partial charge in [0.05, 0.1) is 12.7 Å². The van der Waals surface area contributed by atoms with Crippen molar-refractivity contribution < 1.29 is 9.13 Å². The third-order valence-corrected chi connectivity index (χ3v) is 2.68. The van der Waals surface area contributed by atoms with Crippen molar-refractivity contribution >= 4 is 0 Å². The molecule has 1 aromatic carbocycles. The van der Waals surface area contributed by atoms with Gasteiger partial charge in [0.25, 0.3) is 0 Å². The van der Waals surface area contributed by atoms with Gasteiger partial charge in [-0.15, -0.1) is 0 Å². The zero-order chi connectivity index (χ0) is 12.7. The summed E-state index contributed by atoms with van der Waals surface area (Å²) < 4.78 is 18.2. The molecule has 0 aromatic heterocycles. The molecular formula is C13H17FN2O. The van der Waals surface area contributed by atoms with E-state index in [4.69, 9.17) is 10.00 Å². The summed E-state index contributed by atoms with van der Waals surface area (Å²) in [6.45, 7) is 2.32. The molecule has 1 rings (SSSR count). The lowest BCUT2D eigenvalue weighted by Crippen LogP contribution is -2.38. The van der Waals surface area contributed by atoms with E-state index in [1.54, 1.807) is 19.2 Å². The maximum Gasteiger partial charge on any atom is 0.126 e. The maximum absolute atomic E-state index is 12.8. The molecule has 17 heavy (non-hydrogen) atoms. The number of halogens is 1. The molecule has 0 spiro atoms. The van der Waals surface area contributed by atoms with Crippen LogP contribution in [-0.2, 0) is 0 Å². The van der Waals surface area contributed by atoms with Crippen LogP contribution in [0.5, 0.6) is 5.75 Å². The Hall–Kier alpha value is -1.60. The van der Waals surface area contributed by atoms with Crippen molar-refractivity contribution in [3.05, 3.63) is 30.1 Å². The molecule has 0 saturated heterocycles. The lowest BCUT2D eigenvalue weighted by molar-refractivity contribution is 0.288. The quantitative estimate of drug-likeness (QED) is 0.772. The zero-order valence-electron chi connectivity index (χ0n) is 10.2. The van der Waals surface area contributed by atoms with Crippen LogP contribution in [-0.4, -0.2) is 19.2 Å². The smallest absolute Gasteiger partial charge is 0.126 e. The van der Waals surface area contributed by atoms with Crippen LogP contribution in [0.15, 0.2) is 24.3 Å². The predicted octanol–water partition coefficient (Wildman–Crippen LogP) is 2.49. The SMILES string of the molecule is CNC(C)(C#N)CCCOc1cccc(F)c1. The third kappa shape index (κ3) is 4.41. The minimum atomic E-state index is -0.523. The fourth-order valence-electron chi connectivity index (χ4n) is 1.41. The highest BCUT2D eigenvalue weighted by Crippen LogP contribution is 2.14. The van der Waals surface area contributed by atoms with Gasteiger partial charge in [-0.2, -0.15) is 5.26 Å². The molecule has 1 unspecified atom stereocenters. The monoisotopic (exact) mass is 236 g/mol. The standard InChI is InChI=1S/C13H17FN2O/c1-13(10-15,16-2)7-4-8-17-12-6-3-5-11(14)9-12/h3,5-6,9,16H,4,7-8H2,1-2H3. The van der Waals surface area contributed by atoms with Gasteiger partial charge in [-0.3, -0.25) is 0 Å². The third-order valence-electron chi connectivity index (χ3n) is 2.68. The number of hydrogen-bond donors (Lipinski definition) is 1. The number of nitrogens with zero attached hydrogens (tertiary/aromatic N) is 1. The highest BCUT2D eigenvalue weighted by molar-refractivity contribution is 5.22. The number of hydrogen-bond acceptors (Lipinski definition) is 3. The van der Waals surface area contributed by atoms with Crippen LogP contribution in [0.4, 0.5) is 4.39 Å². The number of benzene rings is 1. The summed E-state index contributed by atoms with van der Waals surface area (Å²) in [5.41, 5.74) is -0.523. The fraction of sp³-hybridized carbons (Fsp3) is 0.462. The van der Waals surface area contributed by atoms with E-state index in [2.05, 4.69) is 11.4 Å². The average Bonchev–Trinajstić information content (AvgIpc) is 2.34. The van der Waals surface area contributed by atoms with Gasteiger partial charge in [-0.05, 0) is 38.9 Å². The lowest BCUT2D eigenvalue weighted by atomic mass is 9.98. The zero-order valence-corrected chi connectivity index (χ0v) is 10.2. The summed E-state index contributed by atoms with van der Waals surface area (Å²) in [6, 6.07) is 8.26. The Morgan fingerprint density at radius 1 is 1.53 bits per heavy atom. The van der Waals surface area contributed by atoms with E-state index in [0.29, 0.717) is 18.8 Å². The van der Waals surface area contributed by atoms with Crippen LogP contribution in [0.25, 0.3) is 0 Å². The van der Waals surface area contributed by atoms with Gasteiger partial charge in [-0.1, -0.05) is 6.07 Å². The van der Waals surface area contributed by atoms with Crippen molar-refractivity contribution in [1.82, 2.24) is 5.32 Å². The Labute approximate surface area is 101 Å². The molecule has 1 aromatic rings. The molecule has 0 aliphatic carbocycles. The molecule has 0 heterocycles. The molecule has 0 aliphatic rings. The highest BCUT2D eigenvalue weighted by atomic mass is 19.1. The van der Waals surface area contributed by atoms with Crippen LogP contribution in [0, 0.1) is 17.1 Å². The van der Waals surface area contributed by atoms with Gasteiger partial charge < -0.3 is 10.1 Å². The molecule has 92 valence electrons. The molecule has 4 heteroatoms. The molecule has 0 fully saturated rings. The normalized spacial score (nSPS) is 13.8. The summed E-state index contributed by atoms with van der Waals surface area (Å²) >= 11 is 0. The number of ether oxygens (including phenoxy) is 1. The van der Waals surface area contributed by atoms with Gasteiger partial charge in [0.15, 0.2) is 0 Å². The van der Waals surface area contributed by atoms with Gasteiger partial charge in [-0.25, -0.2) is 4.39 Å². The van der Waals surface area contributed by atoms with Gasteiger partial charge in [0, 0.05) is 6.07 Å². The first kappa shape index (κ1) is 13.5. The summed E-state index contributed by atoms with van der Waals surface area (Å²) in [4.78, 5) is 0. The number of nitriles is 1. The number of nitrogens with one attached hydrogen (secondary N) is 1. The van der Waals surface area contributed by atoms with Crippen molar-refractivity contribution in [2.45, 2.75) is 25.3 Å². The van der Waals surface area contributed by atoms with Crippen molar-refractivity contribution in [2.75, 3.05) is 13.7 Å². The molecule has 0 radical (unpaired) electrons. The first-order chi connectivity index (χ1) is 8.09.